The Morgan fingerprint density at radius 2 is 0.792 bits per heavy atom. The molecule has 1 nitrogen and oxygen atoms in total. The van der Waals surface area contributed by atoms with Gasteiger partial charge in [0, 0.05) is 16.2 Å². The number of benzene rings is 12. The van der Waals surface area contributed by atoms with E-state index in [9.17, 15) is 0 Å². The second kappa shape index (κ2) is 9.88. The van der Waals surface area contributed by atoms with Crippen molar-refractivity contribution in [2.24, 2.45) is 0 Å². The van der Waals surface area contributed by atoms with Gasteiger partial charge in [0.05, 0.1) is 0 Å². The van der Waals surface area contributed by atoms with Gasteiger partial charge in [-0.2, -0.15) is 0 Å². The predicted octanol–water partition coefficient (Wildman–Crippen LogP) is 15.0. The second-order valence-electron chi connectivity index (χ2n) is 14.8. The smallest absolute Gasteiger partial charge is 0.143 e. The minimum atomic E-state index is 0.913. The summed E-state index contributed by atoms with van der Waals surface area (Å²) in [5.41, 5.74) is 6.73. The van der Waals surface area contributed by atoms with Crippen molar-refractivity contribution < 1.29 is 4.42 Å². The molecule has 0 spiro atoms. The van der Waals surface area contributed by atoms with Crippen LogP contribution in [0.4, 0.5) is 0 Å². The van der Waals surface area contributed by atoms with Gasteiger partial charge in [-0.05, 0) is 127 Å². The Bertz CT molecular complexity index is 3660. The summed E-state index contributed by atoms with van der Waals surface area (Å²) in [6.07, 6.45) is 0. The second-order valence-corrected chi connectivity index (χ2v) is 14.8. The fraction of sp³-hybridized carbons (Fsp3) is 0. The molecule has 12 aromatic carbocycles. The van der Waals surface area contributed by atoms with Gasteiger partial charge in [0.1, 0.15) is 11.2 Å². The van der Waals surface area contributed by atoms with Crippen molar-refractivity contribution in [2.45, 2.75) is 0 Å². The maximum atomic E-state index is 6.97. The quantitative estimate of drug-likeness (QED) is 0.167. The van der Waals surface area contributed by atoms with Crippen LogP contribution in [0.25, 0.3) is 130 Å². The molecular formula is C52H28O. The third-order valence-corrected chi connectivity index (χ3v) is 12.1. The standard InChI is InChI=1S/C52H28O/c1-2-12-38-29(6-1)18-25-42-51-45-26-35(37-22-19-34-17-15-30-7-3-8-32-20-24-41(37)50(34)47(30)32)21-23-39(45)44(28-46(51)53-52(38)42)43-27-36-11-4-9-31-14-16-33-10-5-13-40(43)49(33)48(31)36/h1-28H. The summed E-state index contributed by atoms with van der Waals surface area (Å²) in [4.78, 5) is 0. The van der Waals surface area contributed by atoms with Crippen molar-refractivity contribution in [3.63, 3.8) is 0 Å². The molecule has 0 N–H and O–H groups in total. The highest BCUT2D eigenvalue weighted by Gasteiger charge is 2.21. The first-order valence-corrected chi connectivity index (χ1v) is 18.4. The van der Waals surface area contributed by atoms with Crippen LogP contribution in [0.1, 0.15) is 0 Å². The van der Waals surface area contributed by atoms with Crippen LogP contribution in [0.5, 0.6) is 0 Å². The lowest BCUT2D eigenvalue weighted by molar-refractivity contribution is 0.673. The third kappa shape index (κ3) is 3.61. The van der Waals surface area contributed by atoms with Crippen molar-refractivity contribution in [2.75, 3.05) is 0 Å². The van der Waals surface area contributed by atoms with Gasteiger partial charge in [0.2, 0.25) is 0 Å². The zero-order chi connectivity index (χ0) is 34.4. The first-order chi connectivity index (χ1) is 26.3. The molecule has 13 aromatic rings. The van der Waals surface area contributed by atoms with Gasteiger partial charge in [0.25, 0.3) is 0 Å². The molecule has 0 fully saturated rings. The molecule has 13 rings (SSSR count). The number of rotatable bonds is 2. The summed E-state index contributed by atoms with van der Waals surface area (Å²) in [7, 11) is 0. The summed E-state index contributed by atoms with van der Waals surface area (Å²) in [5, 5.41) is 22.6. The van der Waals surface area contributed by atoms with Crippen LogP contribution in [-0.2, 0) is 0 Å². The lowest BCUT2D eigenvalue weighted by Crippen LogP contribution is -1.90. The van der Waals surface area contributed by atoms with E-state index in [-0.39, 0.29) is 0 Å². The molecule has 0 saturated carbocycles. The van der Waals surface area contributed by atoms with Crippen molar-refractivity contribution in [3.05, 3.63) is 170 Å². The fourth-order valence-corrected chi connectivity index (χ4v) is 9.78. The fourth-order valence-electron chi connectivity index (χ4n) is 9.78. The number of hydrogen-bond donors (Lipinski definition) is 0. The van der Waals surface area contributed by atoms with E-state index in [1.54, 1.807) is 0 Å². The Morgan fingerprint density at radius 1 is 0.264 bits per heavy atom. The Hall–Kier alpha value is -6.96. The Morgan fingerprint density at radius 3 is 1.60 bits per heavy atom. The van der Waals surface area contributed by atoms with E-state index in [4.69, 9.17) is 4.42 Å². The van der Waals surface area contributed by atoms with Crippen molar-refractivity contribution in [1.29, 1.82) is 0 Å². The van der Waals surface area contributed by atoms with Gasteiger partial charge in [-0.25, -0.2) is 0 Å². The molecule has 0 aliphatic carbocycles. The highest BCUT2D eigenvalue weighted by molar-refractivity contribution is 6.31. The maximum absolute atomic E-state index is 6.97. The van der Waals surface area contributed by atoms with E-state index in [1.165, 1.54) is 108 Å². The molecule has 0 saturated heterocycles. The van der Waals surface area contributed by atoms with Crippen LogP contribution < -0.4 is 0 Å². The first-order valence-electron chi connectivity index (χ1n) is 18.4. The Kier molecular flexibility index (Phi) is 5.17. The van der Waals surface area contributed by atoms with Gasteiger partial charge in [-0.3, -0.25) is 0 Å². The molecule has 0 unspecified atom stereocenters. The van der Waals surface area contributed by atoms with Gasteiger partial charge in [0.15, 0.2) is 0 Å². The molecule has 0 amide bonds. The topological polar surface area (TPSA) is 13.1 Å². The van der Waals surface area contributed by atoms with E-state index in [2.05, 4.69) is 170 Å². The lowest BCUT2D eigenvalue weighted by Gasteiger charge is -2.17. The molecule has 1 aromatic heterocycles. The molecule has 0 aliphatic heterocycles. The average Bonchev–Trinajstić information content (AvgIpc) is 3.61. The zero-order valence-electron chi connectivity index (χ0n) is 28.6. The number of fused-ring (bicyclic) bond motifs is 7. The Balaban J connectivity index is 1.18. The van der Waals surface area contributed by atoms with E-state index < -0.39 is 0 Å². The normalized spacial score (nSPS) is 12.5. The number of furan rings is 1. The summed E-state index contributed by atoms with van der Waals surface area (Å²) in [6, 6.07) is 63.2. The van der Waals surface area contributed by atoms with E-state index in [0.29, 0.717) is 0 Å². The summed E-state index contributed by atoms with van der Waals surface area (Å²) in [5.74, 6) is 0. The molecule has 1 heterocycles. The minimum Gasteiger partial charge on any atom is -0.455 e. The van der Waals surface area contributed by atoms with E-state index in [0.717, 1.165) is 21.9 Å². The van der Waals surface area contributed by atoms with Crippen molar-refractivity contribution in [3.8, 4) is 22.3 Å². The largest absolute Gasteiger partial charge is 0.455 e. The molecule has 0 radical (unpaired) electrons. The highest BCUT2D eigenvalue weighted by Crippen LogP contribution is 2.48. The SMILES string of the molecule is c1ccc2c(c1)ccc1c2oc2cc(-c3cc4cccc5ccc6cccc3c6c54)c3ccc(-c4ccc5ccc6cccc7ccc4c5c67)cc3c21. The van der Waals surface area contributed by atoms with Gasteiger partial charge >= 0.3 is 0 Å². The summed E-state index contributed by atoms with van der Waals surface area (Å²) >= 11 is 0. The molecule has 0 aliphatic rings. The monoisotopic (exact) mass is 668 g/mol. The molecule has 1 heteroatoms. The minimum absolute atomic E-state index is 0.913. The predicted molar refractivity (Wildman–Crippen MR) is 227 cm³/mol. The van der Waals surface area contributed by atoms with Gasteiger partial charge in [-0.1, -0.05) is 146 Å². The average molecular weight is 669 g/mol. The molecule has 53 heavy (non-hydrogen) atoms. The van der Waals surface area contributed by atoms with Gasteiger partial charge in [-0.15, -0.1) is 0 Å². The van der Waals surface area contributed by atoms with Crippen LogP contribution >= 0.6 is 0 Å². The lowest BCUT2D eigenvalue weighted by atomic mass is 9.85. The van der Waals surface area contributed by atoms with Crippen LogP contribution in [0.15, 0.2) is 174 Å². The van der Waals surface area contributed by atoms with E-state index in [1.807, 2.05) is 0 Å². The molecule has 0 bridgehead atoms. The van der Waals surface area contributed by atoms with Crippen LogP contribution in [0.2, 0.25) is 0 Å². The summed E-state index contributed by atoms with van der Waals surface area (Å²) < 4.78 is 6.97. The molecular weight excluding hydrogens is 641 g/mol. The van der Waals surface area contributed by atoms with Gasteiger partial charge < -0.3 is 4.42 Å². The molecule has 0 atom stereocenters. The summed E-state index contributed by atoms with van der Waals surface area (Å²) in [6.45, 7) is 0. The van der Waals surface area contributed by atoms with Crippen molar-refractivity contribution >= 4 is 108 Å². The van der Waals surface area contributed by atoms with E-state index >= 15 is 0 Å². The molecule has 242 valence electrons. The number of hydrogen-bond acceptors (Lipinski definition) is 1. The first kappa shape index (κ1) is 27.7. The van der Waals surface area contributed by atoms with Crippen molar-refractivity contribution in [1.82, 2.24) is 0 Å². The Labute approximate surface area is 303 Å². The van der Waals surface area contributed by atoms with Crippen LogP contribution in [-0.4, -0.2) is 0 Å². The maximum Gasteiger partial charge on any atom is 0.143 e. The highest BCUT2D eigenvalue weighted by atomic mass is 16.3. The van der Waals surface area contributed by atoms with Crippen LogP contribution in [0, 0.1) is 0 Å². The third-order valence-electron chi connectivity index (χ3n) is 12.1. The van der Waals surface area contributed by atoms with Crippen LogP contribution in [0.3, 0.4) is 0 Å². The zero-order valence-corrected chi connectivity index (χ0v) is 28.6.